The lowest BCUT2D eigenvalue weighted by molar-refractivity contribution is -0.120. The predicted octanol–water partition coefficient (Wildman–Crippen LogP) is 1.95. The molecule has 1 amide bonds. The van der Waals surface area contributed by atoms with Crippen LogP contribution in [0.15, 0.2) is 18.2 Å². The van der Waals surface area contributed by atoms with Gasteiger partial charge in [0.05, 0.1) is 11.8 Å². The lowest BCUT2D eigenvalue weighted by Crippen LogP contribution is -2.48. The number of aromatic nitrogens is 1. The molecule has 1 saturated heterocycles. The largest absolute Gasteiger partial charge is 0.494 e. The van der Waals surface area contributed by atoms with Crippen LogP contribution in [0.1, 0.15) is 13.3 Å². The molecule has 1 fully saturated rings. The van der Waals surface area contributed by atoms with Crippen molar-refractivity contribution in [3.05, 3.63) is 18.2 Å². The maximum absolute atomic E-state index is 11.3. The van der Waals surface area contributed by atoms with Crippen molar-refractivity contribution >= 4 is 32.6 Å². The Labute approximate surface area is 146 Å². The number of amides is 1. The van der Waals surface area contributed by atoms with E-state index in [1.807, 2.05) is 19.1 Å². The number of fused-ring (bicyclic) bond motifs is 1. The standard InChI is InChI=1S/C17H24N4O2S/c1-3-15(22)18-7-8-20-9-11-21(12-10-20)17-19-16-13(23-2)5-4-6-14(16)24-17/h4-6H,3,7-12H2,1-2H3,(H,18,22). The van der Waals surface area contributed by atoms with Gasteiger partial charge in [-0.25, -0.2) is 4.98 Å². The number of carbonyl (C=O) groups is 1. The normalized spacial score (nSPS) is 15.7. The minimum absolute atomic E-state index is 0.122. The first kappa shape index (κ1) is 17.0. The number of piperazine rings is 1. The first-order chi connectivity index (χ1) is 11.7. The van der Waals surface area contributed by atoms with Crippen LogP contribution < -0.4 is 15.0 Å². The zero-order chi connectivity index (χ0) is 16.9. The molecule has 2 heterocycles. The van der Waals surface area contributed by atoms with Crippen molar-refractivity contribution in [1.82, 2.24) is 15.2 Å². The third kappa shape index (κ3) is 3.79. The van der Waals surface area contributed by atoms with Crippen LogP contribution in [-0.4, -0.2) is 62.2 Å². The number of rotatable bonds is 6. The van der Waals surface area contributed by atoms with E-state index in [0.717, 1.165) is 60.4 Å². The van der Waals surface area contributed by atoms with Crippen LogP contribution in [0.25, 0.3) is 10.2 Å². The van der Waals surface area contributed by atoms with Gasteiger partial charge >= 0.3 is 0 Å². The van der Waals surface area contributed by atoms with E-state index >= 15 is 0 Å². The van der Waals surface area contributed by atoms with E-state index in [0.29, 0.717) is 6.42 Å². The molecule has 0 atom stereocenters. The summed E-state index contributed by atoms with van der Waals surface area (Å²) < 4.78 is 6.56. The second-order valence-corrected chi connectivity index (χ2v) is 6.84. The topological polar surface area (TPSA) is 57.7 Å². The number of hydrogen-bond acceptors (Lipinski definition) is 6. The molecule has 1 N–H and O–H groups in total. The molecular formula is C17H24N4O2S. The maximum atomic E-state index is 11.3. The molecule has 0 unspecified atom stereocenters. The highest BCUT2D eigenvalue weighted by Gasteiger charge is 2.20. The van der Waals surface area contributed by atoms with Gasteiger partial charge in [0.2, 0.25) is 5.91 Å². The lowest BCUT2D eigenvalue weighted by atomic mass is 10.3. The van der Waals surface area contributed by atoms with E-state index in [1.165, 1.54) is 0 Å². The van der Waals surface area contributed by atoms with Gasteiger partial charge in [-0.1, -0.05) is 24.3 Å². The van der Waals surface area contributed by atoms with Gasteiger partial charge in [-0.3, -0.25) is 9.69 Å². The molecular weight excluding hydrogens is 324 g/mol. The van der Waals surface area contributed by atoms with Gasteiger partial charge in [0, 0.05) is 45.7 Å². The van der Waals surface area contributed by atoms with Crippen molar-refractivity contribution < 1.29 is 9.53 Å². The number of ether oxygens (including phenoxy) is 1. The Balaban J connectivity index is 1.56. The number of para-hydroxylation sites is 1. The quantitative estimate of drug-likeness (QED) is 0.865. The predicted molar refractivity (Wildman–Crippen MR) is 98.1 cm³/mol. The number of thiazole rings is 1. The average Bonchev–Trinajstić information content (AvgIpc) is 3.06. The Morgan fingerprint density at radius 1 is 1.33 bits per heavy atom. The zero-order valence-corrected chi connectivity index (χ0v) is 15.1. The summed E-state index contributed by atoms with van der Waals surface area (Å²) in [4.78, 5) is 20.8. The van der Waals surface area contributed by atoms with Crippen LogP contribution in [0, 0.1) is 0 Å². The van der Waals surface area contributed by atoms with Gasteiger partial charge in [-0.05, 0) is 12.1 Å². The summed E-state index contributed by atoms with van der Waals surface area (Å²) >= 11 is 1.72. The minimum Gasteiger partial charge on any atom is -0.494 e. The zero-order valence-electron chi connectivity index (χ0n) is 14.2. The maximum Gasteiger partial charge on any atom is 0.219 e. The van der Waals surface area contributed by atoms with Crippen molar-refractivity contribution in [3.63, 3.8) is 0 Å². The molecule has 2 aromatic rings. The van der Waals surface area contributed by atoms with Crippen molar-refractivity contribution in [2.24, 2.45) is 0 Å². The first-order valence-electron chi connectivity index (χ1n) is 8.38. The molecule has 130 valence electrons. The smallest absolute Gasteiger partial charge is 0.219 e. The highest BCUT2D eigenvalue weighted by Crippen LogP contribution is 2.34. The highest BCUT2D eigenvalue weighted by molar-refractivity contribution is 7.22. The van der Waals surface area contributed by atoms with Crippen LogP contribution in [-0.2, 0) is 4.79 Å². The second kappa shape index (κ2) is 7.81. The number of nitrogens with one attached hydrogen (secondary N) is 1. The van der Waals surface area contributed by atoms with E-state index in [1.54, 1.807) is 18.4 Å². The molecule has 1 aromatic heterocycles. The van der Waals surface area contributed by atoms with Gasteiger partial charge in [-0.15, -0.1) is 0 Å². The van der Waals surface area contributed by atoms with Crippen LogP contribution in [0.4, 0.5) is 5.13 Å². The second-order valence-electron chi connectivity index (χ2n) is 5.84. The number of nitrogens with zero attached hydrogens (tertiary/aromatic N) is 3. The van der Waals surface area contributed by atoms with E-state index in [4.69, 9.17) is 9.72 Å². The Morgan fingerprint density at radius 2 is 2.12 bits per heavy atom. The lowest BCUT2D eigenvalue weighted by Gasteiger charge is -2.34. The van der Waals surface area contributed by atoms with Gasteiger partial charge in [-0.2, -0.15) is 0 Å². The highest BCUT2D eigenvalue weighted by atomic mass is 32.1. The number of anilines is 1. The number of carbonyl (C=O) groups excluding carboxylic acids is 1. The van der Waals surface area contributed by atoms with Crippen LogP contribution in [0.3, 0.4) is 0 Å². The molecule has 1 aliphatic rings. The van der Waals surface area contributed by atoms with Crippen LogP contribution >= 0.6 is 11.3 Å². The molecule has 7 heteroatoms. The molecule has 3 rings (SSSR count). The van der Waals surface area contributed by atoms with Crippen molar-refractivity contribution in [2.75, 3.05) is 51.3 Å². The fourth-order valence-corrected chi connectivity index (χ4v) is 3.89. The fraction of sp³-hybridized carbons (Fsp3) is 0.529. The third-order valence-electron chi connectivity index (χ3n) is 4.30. The first-order valence-corrected chi connectivity index (χ1v) is 9.20. The SMILES string of the molecule is CCC(=O)NCCN1CCN(c2nc3c(OC)cccc3s2)CC1. The van der Waals surface area contributed by atoms with Gasteiger partial charge in [0.1, 0.15) is 11.3 Å². The molecule has 0 spiro atoms. The molecule has 6 nitrogen and oxygen atoms in total. The number of hydrogen-bond donors (Lipinski definition) is 1. The monoisotopic (exact) mass is 348 g/mol. The average molecular weight is 348 g/mol. The Kier molecular flexibility index (Phi) is 5.52. The van der Waals surface area contributed by atoms with E-state index in [2.05, 4.69) is 21.2 Å². The van der Waals surface area contributed by atoms with Crippen LogP contribution in [0.5, 0.6) is 5.75 Å². The summed E-state index contributed by atoms with van der Waals surface area (Å²) in [6.45, 7) is 7.43. The molecule has 0 saturated carbocycles. The third-order valence-corrected chi connectivity index (χ3v) is 5.39. The molecule has 24 heavy (non-hydrogen) atoms. The number of methoxy groups -OCH3 is 1. The fourth-order valence-electron chi connectivity index (χ4n) is 2.85. The molecule has 0 aliphatic carbocycles. The van der Waals surface area contributed by atoms with E-state index in [-0.39, 0.29) is 5.91 Å². The van der Waals surface area contributed by atoms with Gasteiger partial charge in [0.15, 0.2) is 5.13 Å². The summed E-state index contributed by atoms with van der Waals surface area (Å²) in [6.07, 6.45) is 0.550. The van der Waals surface area contributed by atoms with Crippen molar-refractivity contribution in [3.8, 4) is 5.75 Å². The molecule has 1 aromatic carbocycles. The minimum atomic E-state index is 0.122. The van der Waals surface area contributed by atoms with Crippen molar-refractivity contribution in [2.45, 2.75) is 13.3 Å². The molecule has 0 bridgehead atoms. The van der Waals surface area contributed by atoms with E-state index < -0.39 is 0 Å². The Bertz CT molecular complexity index is 695. The summed E-state index contributed by atoms with van der Waals surface area (Å²) in [5, 5.41) is 4.00. The van der Waals surface area contributed by atoms with Crippen LogP contribution in [0.2, 0.25) is 0 Å². The molecule has 1 aliphatic heterocycles. The number of benzene rings is 1. The summed E-state index contributed by atoms with van der Waals surface area (Å²) in [7, 11) is 1.68. The molecule has 0 radical (unpaired) electrons. The van der Waals surface area contributed by atoms with Gasteiger partial charge in [0.25, 0.3) is 0 Å². The van der Waals surface area contributed by atoms with E-state index in [9.17, 15) is 4.79 Å². The Hall–Kier alpha value is -1.86. The summed E-state index contributed by atoms with van der Waals surface area (Å²) in [5.41, 5.74) is 0.949. The Morgan fingerprint density at radius 3 is 2.83 bits per heavy atom. The van der Waals surface area contributed by atoms with Gasteiger partial charge < -0.3 is 15.0 Å². The summed E-state index contributed by atoms with van der Waals surface area (Å²) in [5.74, 6) is 0.956. The van der Waals surface area contributed by atoms with Crippen molar-refractivity contribution in [1.29, 1.82) is 0 Å². The summed E-state index contributed by atoms with van der Waals surface area (Å²) in [6, 6.07) is 6.05.